The summed E-state index contributed by atoms with van der Waals surface area (Å²) in [6.07, 6.45) is 5.56. The maximum atomic E-state index is 14.6. The molecule has 59 heavy (non-hydrogen) atoms. The number of nitrogens with one attached hydrogen (secondary N) is 3. The number of pyridine rings is 1. The van der Waals surface area contributed by atoms with Gasteiger partial charge in [-0.2, -0.15) is 4.98 Å². The van der Waals surface area contributed by atoms with Crippen molar-refractivity contribution in [1.82, 2.24) is 35.2 Å². The Balaban J connectivity index is 1.15. The first kappa shape index (κ1) is 40.5. The Morgan fingerprint density at radius 3 is 2.71 bits per heavy atom. The Labute approximate surface area is 343 Å². The monoisotopic (exact) mass is 849 g/mol. The number of ether oxygens (including phenoxy) is 3. The number of aromatic nitrogens is 3. The number of carbonyl (C=O) groups is 4. The minimum atomic E-state index is -3.95. The second kappa shape index (κ2) is 15.7. The summed E-state index contributed by atoms with van der Waals surface area (Å²) in [5.74, 6) is -2.93. The van der Waals surface area contributed by atoms with Gasteiger partial charge in [0.15, 0.2) is 5.82 Å². The van der Waals surface area contributed by atoms with Gasteiger partial charge in [0.25, 0.3) is 5.91 Å². The number of nitrogens with zero attached hydrogens (tertiary/aromatic N) is 4. The molecule has 1 saturated heterocycles. The van der Waals surface area contributed by atoms with Crippen LogP contribution in [-0.4, -0.2) is 106 Å². The normalized spacial score (nSPS) is 25.9. The molecule has 2 aliphatic carbocycles. The van der Waals surface area contributed by atoms with Crippen molar-refractivity contribution >= 4 is 65.6 Å². The number of fused-ring (bicyclic) bond motifs is 5. The van der Waals surface area contributed by atoms with Gasteiger partial charge in [0.2, 0.25) is 27.7 Å². The van der Waals surface area contributed by atoms with Crippen molar-refractivity contribution in [2.24, 2.45) is 5.92 Å². The zero-order valence-electron chi connectivity index (χ0n) is 32.6. The molecule has 312 valence electrons. The molecule has 0 bridgehead atoms. The minimum absolute atomic E-state index is 0.0832. The second-order valence-corrected chi connectivity index (χ2v) is 19.2. The molecule has 3 aromatic heterocycles. The van der Waals surface area contributed by atoms with E-state index in [1.165, 1.54) is 28.4 Å². The Kier molecular flexibility index (Phi) is 10.8. The highest BCUT2D eigenvalue weighted by molar-refractivity contribution is 7.91. The largest absolute Gasteiger partial charge is 0.471 e. The van der Waals surface area contributed by atoms with Crippen molar-refractivity contribution in [2.75, 3.05) is 19.8 Å². The number of rotatable bonds is 7. The molecule has 1 aromatic carbocycles. The number of halogens is 1. The van der Waals surface area contributed by atoms with Crippen LogP contribution in [0.2, 0.25) is 0 Å². The molecule has 4 aliphatic rings. The Morgan fingerprint density at radius 1 is 1.14 bits per heavy atom. The zero-order chi connectivity index (χ0) is 41.7. The van der Waals surface area contributed by atoms with E-state index >= 15 is 0 Å². The lowest BCUT2D eigenvalue weighted by atomic mass is 10.1. The smallest absolute Gasteiger partial charge is 0.408 e. The quantitative estimate of drug-likeness (QED) is 0.225. The fourth-order valence-corrected chi connectivity index (χ4v) is 9.76. The molecule has 3 N–H and O–H groups in total. The van der Waals surface area contributed by atoms with E-state index in [0.717, 1.165) is 5.39 Å². The molecule has 4 amide bonds. The van der Waals surface area contributed by atoms with E-state index in [4.69, 9.17) is 24.2 Å². The van der Waals surface area contributed by atoms with Crippen molar-refractivity contribution in [3.05, 3.63) is 60.6 Å². The van der Waals surface area contributed by atoms with Gasteiger partial charge in [-0.25, -0.2) is 27.6 Å². The maximum Gasteiger partial charge on any atom is 0.408 e. The predicted molar refractivity (Wildman–Crippen MR) is 214 cm³/mol. The van der Waals surface area contributed by atoms with Gasteiger partial charge >= 0.3 is 6.09 Å². The van der Waals surface area contributed by atoms with Crippen LogP contribution in [0.25, 0.3) is 31.8 Å². The van der Waals surface area contributed by atoms with Crippen LogP contribution in [0.5, 0.6) is 5.88 Å². The van der Waals surface area contributed by atoms with Crippen LogP contribution in [0.1, 0.15) is 59.3 Å². The molecule has 8 rings (SSSR count). The van der Waals surface area contributed by atoms with Gasteiger partial charge in [-0.1, -0.05) is 24.3 Å². The summed E-state index contributed by atoms with van der Waals surface area (Å²) in [6.45, 7) is 4.88. The summed E-state index contributed by atoms with van der Waals surface area (Å²) < 4.78 is 60.9. The standard InChI is InChI=1S/C40H44FN7O9S2/c1-39(2,3)57-38(52)43-28-21-55-16-6-4-5-10-23-19-40(23,37(51)47-59(53,54)26-13-14-26)46-33(49)29-18-25(20-48(29)36(28)50)56-34-31-30(27-12-8-15-42-35(27)58-31)44-32(45-34)22-9-7-11-24(41)17-22/h5,7-12,15,17,23,25-26,28-29H,4,6,13-14,16,18-21H2,1-3H3,(H,43,52)(H,46,49)(H,47,51)/b10-5-/t23-,25+,28-,29-,40+/m0/s1. The van der Waals surface area contributed by atoms with Crippen LogP contribution in [0.3, 0.4) is 0 Å². The first-order valence-corrected chi connectivity index (χ1v) is 21.9. The SMILES string of the molecule is CC(C)(C)OC(=O)N[C@H]1COCCC/C=C\[C@H]2C[C@@]2(C(=O)NS(=O)(=O)C2CC2)NC(=O)[C@@H]2C[C@@H](Oc3nc(-c4cccc(F)c4)nc4c3sc3ncccc34)CN2C1=O. The summed E-state index contributed by atoms with van der Waals surface area (Å²) in [5, 5.41) is 5.50. The third-order valence-corrected chi connectivity index (χ3v) is 13.4. The van der Waals surface area contributed by atoms with E-state index in [2.05, 4.69) is 20.3 Å². The van der Waals surface area contributed by atoms with Gasteiger partial charge < -0.3 is 29.7 Å². The molecule has 19 heteroatoms. The Morgan fingerprint density at radius 2 is 1.95 bits per heavy atom. The van der Waals surface area contributed by atoms with E-state index in [-0.39, 0.29) is 44.3 Å². The number of carbonyl (C=O) groups excluding carboxylic acids is 4. The van der Waals surface area contributed by atoms with Crippen molar-refractivity contribution < 1.29 is 46.2 Å². The van der Waals surface area contributed by atoms with Crippen LogP contribution < -0.4 is 20.1 Å². The first-order chi connectivity index (χ1) is 28.1. The molecular formula is C40H44FN7O9S2. The number of hydrogen-bond donors (Lipinski definition) is 3. The van der Waals surface area contributed by atoms with Crippen LogP contribution in [-0.2, 0) is 33.9 Å². The van der Waals surface area contributed by atoms with E-state index in [9.17, 15) is 32.0 Å². The van der Waals surface area contributed by atoms with Crippen molar-refractivity contribution in [3.8, 4) is 17.3 Å². The van der Waals surface area contributed by atoms with Gasteiger partial charge in [0.1, 0.15) is 44.7 Å². The summed E-state index contributed by atoms with van der Waals surface area (Å²) in [5.41, 5.74) is -1.56. The highest BCUT2D eigenvalue weighted by Gasteiger charge is 2.62. The van der Waals surface area contributed by atoms with Gasteiger partial charge in [-0.15, -0.1) is 11.3 Å². The molecule has 2 saturated carbocycles. The number of allylic oxidation sites excluding steroid dienone is 1. The molecule has 2 aliphatic heterocycles. The molecule has 5 atom stereocenters. The van der Waals surface area contributed by atoms with Gasteiger partial charge in [-0.3, -0.25) is 19.1 Å². The lowest BCUT2D eigenvalue weighted by Gasteiger charge is -2.30. The first-order valence-electron chi connectivity index (χ1n) is 19.5. The number of alkyl carbamates (subject to hydrolysis) is 1. The van der Waals surface area contributed by atoms with Crippen molar-refractivity contribution in [2.45, 2.75) is 93.9 Å². The van der Waals surface area contributed by atoms with Gasteiger partial charge in [0.05, 0.1) is 23.9 Å². The maximum absolute atomic E-state index is 14.6. The Hall–Kier alpha value is -5.27. The highest BCUT2D eigenvalue weighted by Crippen LogP contribution is 2.46. The summed E-state index contributed by atoms with van der Waals surface area (Å²) in [6, 6.07) is 6.90. The van der Waals surface area contributed by atoms with E-state index in [1.807, 2.05) is 12.1 Å². The number of amides is 4. The van der Waals surface area contributed by atoms with Crippen molar-refractivity contribution in [1.29, 1.82) is 0 Å². The average Bonchev–Trinajstić information content (AvgIpc) is 4.07. The lowest BCUT2D eigenvalue weighted by molar-refractivity contribution is -0.142. The third-order valence-electron chi connectivity index (χ3n) is 10.5. The molecule has 0 spiro atoms. The fraction of sp³-hybridized carbons (Fsp3) is 0.475. The molecular weight excluding hydrogens is 806 g/mol. The van der Waals surface area contributed by atoms with E-state index in [1.54, 1.807) is 51.2 Å². The minimum Gasteiger partial charge on any atom is -0.471 e. The summed E-state index contributed by atoms with van der Waals surface area (Å²) in [4.78, 5) is 71.8. The number of thiophene rings is 1. The molecule has 0 radical (unpaired) electrons. The number of hydrogen-bond acceptors (Lipinski definition) is 13. The second-order valence-electron chi connectivity index (χ2n) is 16.3. The van der Waals surface area contributed by atoms with Crippen LogP contribution in [0, 0.1) is 11.7 Å². The summed E-state index contributed by atoms with van der Waals surface area (Å²) >= 11 is 1.29. The van der Waals surface area contributed by atoms with Crippen molar-refractivity contribution in [3.63, 3.8) is 0 Å². The lowest BCUT2D eigenvalue weighted by Crippen LogP contribution is -2.59. The van der Waals surface area contributed by atoms with Crippen LogP contribution in [0.15, 0.2) is 54.7 Å². The molecule has 4 aromatic rings. The number of sulfonamides is 1. The average molecular weight is 850 g/mol. The van der Waals surface area contributed by atoms with Crippen LogP contribution in [0.4, 0.5) is 9.18 Å². The van der Waals surface area contributed by atoms with E-state index in [0.29, 0.717) is 46.3 Å². The van der Waals surface area contributed by atoms with Gasteiger partial charge in [-0.05, 0) is 77.1 Å². The Bertz CT molecular complexity index is 2470. The van der Waals surface area contributed by atoms with Gasteiger partial charge in [0, 0.05) is 36.1 Å². The molecule has 5 heterocycles. The number of benzene rings is 1. The summed E-state index contributed by atoms with van der Waals surface area (Å²) in [7, 11) is -3.95. The van der Waals surface area contributed by atoms with Crippen LogP contribution >= 0.6 is 11.3 Å². The van der Waals surface area contributed by atoms with E-state index < -0.39 is 80.2 Å². The topological polar surface area (TPSA) is 208 Å². The zero-order valence-corrected chi connectivity index (χ0v) is 34.2. The predicted octanol–water partition coefficient (Wildman–Crippen LogP) is 4.14. The third kappa shape index (κ3) is 8.72. The molecule has 3 fully saturated rings. The molecule has 0 unspecified atom stereocenters. The fourth-order valence-electron chi connectivity index (χ4n) is 7.38. The highest BCUT2D eigenvalue weighted by atomic mass is 32.2. The molecule has 16 nitrogen and oxygen atoms in total.